The summed E-state index contributed by atoms with van der Waals surface area (Å²) in [5, 5.41) is 3.72. The minimum absolute atomic E-state index is 0.365. The Hall–Kier alpha value is -0.760. The van der Waals surface area contributed by atoms with Crippen molar-refractivity contribution in [3.63, 3.8) is 0 Å². The van der Waals surface area contributed by atoms with Gasteiger partial charge < -0.3 is 9.73 Å². The summed E-state index contributed by atoms with van der Waals surface area (Å²) in [7, 11) is 0. The first kappa shape index (κ1) is 9.46. The van der Waals surface area contributed by atoms with Gasteiger partial charge in [-0.2, -0.15) is 0 Å². The van der Waals surface area contributed by atoms with Gasteiger partial charge in [-0.25, -0.2) is 0 Å². The van der Waals surface area contributed by atoms with E-state index in [-0.39, 0.29) is 0 Å². The Labute approximate surface area is 91.0 Å². The fourth-order valence-electron chi connectivity index (χ4n) is 3.39. The van der Waals surface area contributed by atoms with E-state index in [4.69, 9.17) is 4.42 Å². The second kappa shape index (κ2) is 3.67. The quantitative estimate of drug-likeness (QED) is 0.820. The van der Waals surface area contributed by atoms with E-state index in [9.17, 15) is 0 Å². The molecule has 2 heteroatoms. The molecule has 2 aliphatic rings. The van der Waals surface area contributed by atoms with Gasteiger partial charge in [-0.05, 0) is 50.2 Å². The standard InChI is InChI=1S/C13H19NO/c1-9(13-3-2-6-15-13)14-12-8-10-4-5-11(12)7-10/h2-3,6,9-12,14H,4-5,7-8H2,1H3/t9-,10?,11?,12?/m0/s1. The van der Waals surface area contributed by atoms with E-state index in [1.807, 2.05) is 6.07 Å². The third-order valence-electron chi connectivity index (χ3n) is 4.17. The molecule has 1 N–H and O–H groups in total. The number of hydrogen-bond donors (Lipinski definition) is 1. The smallest absolute Gasteiger partial charge is 0.120 e. The second-order valence-corrected chi connectivity index (χ2v) is 5.19. The average molecular weight is 205 g/mol. The Bertz CT molecular complexity index is 319. The van der Waals surface area contributed by atoms with E-state index in [1.54, 1.807) is 6.26 Å². The summed E-state index contributed by atoms with van der Waals surface area (Å²) >= 11 is 0. The van der Waals surface area contributed by atoms with E-state index in [1.165, 1.54) is 25.7 Å². The van der Waals surface area contributed by atoms with Crippen LogP contribution in [0.1, 0.15) is 44.4 Å². The van der Waals surface area contributed by atoms with Gasteiger partial charge in [0.25, 0.3) is 0 Å². The van der Waals surface area contributed by atoms with Crippen molar-refractivity contribution < 1.29 is 4.42 Å². The molecule has 0 aliphatic heterocycles. The maximum absolute atomic E-state index is 5.42. The number of furan rings is 1. The first-order valence-corrected chi connectivity index (χ1v) is 6.12. The normalized spacial score (nSPS) is 35.9. The lowest BCUT2D eigenvalue weighted by molar-refractivity contribution is 0.307. The summed E-state index contributed by atoms with van der Waals surface area (Å²) in [5.74, 6) is 3.02. The highest BCUT2D eigenvalue weighted by atomic mass is 16.3. The van der Waals surface area contributed by atoms with Gasteiger partial charge in [0.2, 0.25) is 0 Å². The van der Waals surface area contributed by atoms with Crippen molar-refractivity contribution in [2.75, 3.05) is 0 Å². The zero-order valence-electron chi connectivity index (χ0n) is 9.28. The highest BCUT2D eigenvalue weighted by Crippen LogP contribution is 2.45. The zero-order valence-corrected chi connectivity index (χ0v) is 9.28. The van der Waals surface area contributed by atoms with Gasteiger partial charge in [0.1, 0.15) is 5.76 Å². The predicted octanol–water partition coefficient (Wildman–Crippen LogP) is 3.12. The fourth-order valence-corrected chi connectivity index (χ4v) is 3.39. The van der Waals surface area contributed by atoms with Crippen molar-refractivity contribution in [1.82, 2.24) is 5.32 Å². The summed E-state index contributed by atoms with van der Waals surface area (Å²) in [6.45, 7) is 2.20. The molecule has 0 aromatic carbocycles. The second-order valence-electron chi connectivity index (χ2n) is 5.19. The van der Waals surface area contributed by atoms with Gasteiger partial charge in [-0.15, -0.1) is 0 Å². The number of fused-ring (bicyclic) bond motifs is 2. The highest BCUT2D eigenvalue weighted by Gasteiger charge is 2.39. The lowest BCUT2D eigenvalue weighted by Crippen LogP contribution is -2.35. The van der Waals surface area contributed by atoms with Crippen molar-refractivity contribution in [3.8, 4) is 0 Å². The van der Waals surface area contributed by atoms with Gasteiger partial charge in [-0.3, -0.25) is 0 Å². The lowest BCUT2D eigenvalue weighted by Gasteiger charge is -2.25. The Balaban J connectivity index is 1.62. The molecular weight excluding hydrogens is 186 g/mol. The van der Waals surface area contributed by atoms with Gasteiger partial charge in [0.15, 0.2) is 0 Å². The Kier molecular flexibility index (Phi) is 2.32. The lowest BCUT2D eigenvalue weighted by atomic mass is 9.94. The highest BCUT2D eigenvalue weighted by molar-refractivity contribution is 5.05. The molecule has 3 unspecified atom stereocenters. The summed E-state index contributed by atoms with van der Waals surface area (Å²) < 4.78 is 5.42. The molecular formula is C13H19NO. The number of nitrogens with one attached hydrogen (secondary N) is 1. The molecule has 0 radical (unpaired) electrons. The molecule has 4 atom stereocenters. The minimum Gasteiger partial charge on any atom is -0.468 e. The van der Waals surface area contributed by atoms with Crippen molar-refractivity contribution in [2.24, 2.45) is 11.8 Å². The van der Waals surface area contributed by atoms with Crippen LogP contribution < -0.4 is 5.32 Å². The van der Waals surface area contributed by atoms with Gasteiger partial charge in [0.05, 0.1) is 12.3 Å². The molecule has 0 saturated heterocycles. The van der Waals surface area contributed by atoms with Crippen molar-refractivity contribution in [3.05, 3.63) is 24.2 Å². The monoisotopic (exact) mass is 205 g/mol. The van der Waals surface area contributed by atoms with Crippen molar-refractivity contribution in [1.29, 1.82) is 0 Å². The molecule has 1 heterocycles. The molecule has 2 bridgehead atoms. The molecule has 2 fully saturated rings. The first-order chi connectivity index (χ1) is 7.33. The van der Waals surface area contributed by atoms with E-state index in [2.05, 4.69) is 18.3 Å². The van der Waals surface area contributed by atoms with E-state index in [0.717, 1.165) is 23.6 Å². The fraction of sp³-hybridized carbons (Fsp3) is 0.692. The van der Waals surface area contributed by atoms with Gasteiger partial charge >= 0.3 is 0 Å². The summed E-state index contributed by atoms with van der Waals surface area (Å²) in [6, 6.07) is 5.13. The molecule has 2 saturated carbocycles. The summed E-state index contributed by atoms with van der Waals surface area (Å²) in [4.78, 5) is 0. The summed E-state index contributed by atoms with van der Waals surface area (Å²) in [5.41, 5.74) is 0. The van der Waals surface area contributed by atoms with Crippen molar-refractivity contribution >= 4 is 0 Å². The Morgan fingerprint density at radius 1 is 1.40 bits per heavy atom. The molecule has 15 heavy (non-hydrogen) atoms. The van der Waals surface area contributed by atoms with Crippen LogP contribution in [0.2, 0.25) is 0 Å². The van der Waals surface area contributed by atoms with Crippen LogP contribution >= 0.6 is 0 Å². The molecule has 2 aliphatic carbocycles. The van der Waals surface area contributed by atoms with E-state index >= 15 is 0 Å². The molecule has 1 aromatic heterocycles. The maximum Gasteiger partial charge on any atom is 0.120 e. The Morgan fingerprint density at radius 3 is 2.93 bits per heavy atom. The van der Waals surface area contributed by atoms with E-state index < -0.39 is 0 Å². The molecule has 0 amide bonds. The van der Waals surface area contributed by atoms with Crippen LogP contribution in [0.5, 0.6) is 0 Å². The SMILES string of the molecule is C[C@H](NC1CC2CCC1C2)c1ccco1. The third-order valence-corrected chi connectivity index (χ3v) is 4.17. The van der Waals surface area contributed by atoms with Crippen LogP contribution in [0.15, 0.2) is 22.8 Å². The van der Waals surface area contributed by atoms with Gasteiger partial charge in [-0.1, -0.05) is 6.42 Å². The third kappa shape index (κ3) is 1.71. The number of hydrogen-bond acceptors (Lipinski definition) is 2. The minimum atomic E-state index is 0.365. The topological polar surface area (TPSA) is 25.2 Å². The van der Waals surface area contributed by atoms with Gasteiger partial charge in [0, 0.05) is 6.04 Å². The van der Waals surface area contributed by atoms with Crippen LogP contribution in [0.25, 0.3) is 0 Å². The molecule has 82 valence electrons. The number of rotatable bonds is 3. The van der Waals surface area contributed by atoms with Crippen LogP contribution in [-0.4, -0.2) is 6.04 Å². The van der Waals surface area contributed by atoms with Crippen LogP contribution in [0.4, 0.5) is 0 Å². The maximum atomic E-state index is 5.42. The first-order valence-electron chi connectivity index (χ1n) is 6.12. The largest absolute Gasteiger partial charge is 0.468 e. The summed E-state index contributed by atoms with van der Waals surface area (Å²) in [6.07, 6.45) is 7.51. The van der Waals surface area contributed by atoms with Crippen molar-refractivity contribution in [2.45, 2.75) is 44.7 Å². The zero-order chi connectivity index (χ0) is 10.3. The van der Waals surface area contributed by atoms with Crippen LogP contribution in [0.3, 0.4) is 0 Å². The van der Waals surface area contributed by atoms with Crippen LogP contribution in [-0.2, 0) is 0 Å². The predicted molar refractivity (Wildman–Crippen MR) is 59.5 cm³/mol. The Morgan fingerprint density at radius 2 is 2.33 bits per heavy atom. The average Bonchev–Trinajstić information content (AvgIpc) is 2.95. The molecule has 2 nitrogen and oxygen atoms in total. The molecule has 0 spiro atoms. The molecule has 3 rings (SSSR count). The van der Waals surface area contributed by atoms with Crippen LogP contribution in [0, 0.1) is 11.8 Å². The van der Waals surface area contributed by atoms with E-state index in [0.29, 0.717) is 6.04 Å². The molecule has 1 aromatic rings.